The van der Waals surface area contributed by atoms with E-state index in [1.807, 2.05) is 6.92 Å². The van der Waals surface area contributed by atoms with Gasteiger partial charge in [0.05, 0.1) is 18.6 Å². The zero-order chi connectivity index (χ0) is 11.1. The maximum atomic E-state index is 11.7. The molecule has 1 aromatic heterocycles. The lowest BCUT2D eigenvalue weighted by Gasteiger charge is -2.04. The molecule has 1 heterocycles. The van der Waals surface area contributed by atoms with E-state index in [0.29, 0.717) is 13.1 Å². The lowest BCUT2D eigenvalue weighted by molar-refractivity contribution is 0.0187. The van der Waals surface area contributed by atoms with Crippen LogP contribution in [0.15, 0.2) is 6.33 Å². The Morgan fingerprint density at radius 2 is 2.40 bits per heavy atom. The molecule has 1 aromatic rings. The SMILES string of the molecule is Cc1[nH]cnc1CNCCOCC(F)F. The first-order valence-electron chi connectivity index (χ1n) is 4.75. The molecule has 0 fully saturated rings. The summed E-state index contributed by atoms with van der Waals surface area (Å²) < 4.78 is 28.0. The van der Waals surface area contributed by atoms with Crippen LogP contribution >= 0.6 is 0 Å². The summed E-state index contributed by atoms with van der Waals surface area (Å²) in [5.74, 6) is 0. The number of hydrogen-bond donors (Lipinski definition) is 2. The summed E-state index contributed by atoms with van der Waals surface area (Å²) in [7, 11) is 0. The Bertz CT molecular complexity index is 278. The van der Waals surface area contributed by atoms with Crippen molar-refractivity contribution in [3.05, 3.63) is 17.7 Å². The van der Waals surface area contributed by atoms with Crippen molar-refractivity contribution in [1.29, 1.82) is 0 Å². The highest BCUT2D eigenvalue weighted by Crippen LogP contribution is 1.98. The number of alkyl halides is 2. The van der Waals surface area contributed by atoms with Gasteiger partial charge in [0.25, 0.3) is 6.43 Å². The van der Waals surface area contributed by atoms with Crippen molar-refractivity contribution in [3.8, 4) is 0 Å². The zero-order valence-electron chi connectivity index (χ0n) is 8.59. The highest BCUT2D eigenvalue weighted by Gasteiger charge is 2.02. The summed E-state index contributed by atoms with van der Waals surface area (Å²) >= 11 is 0. The van der Waals surface area contributed by atoms with Crippen molar-refractivity contribution in [3.63, 3.8) is 0 Å². The Kier molecular flexibility index (Phi) is 5.20. The summed E-state index contributed by atoms with van der Waals surface area (Å²) in [4.78, 5) is 7.04. The number of aromatic amines is 1. The molecule has 0 aliphatic rings. The molecule has 15 heavy (non-hydrogen) atoms. The predicted octanol–water partition coefficient (Wildman–Crippen LogP) is 1.09. The van der Waals surface area contributed by atoms with Crippen LogP contribution < -0.4 is 5.32 Å². The molecule has 0 unspecified atom stereocenters. The number of rotatable bonds is 7. The molecule has 1 rings (SSSR count). The molecular weight excluding hydrogens is 204 g/mol. The van der Waals surface area contributed by atoms with Crippen molar-refractivity contribution in [1.82, 2.24) is 15.3 Å². The fraction of sp³-hybridized carbons (Fsp3) is 0.667. The van der Waals surface area contributed by atoms with Crippen LogP contribution in [-0.2, 0) is 11.3 Å². The Hall–Kier alpha value is -1.01. The van der Waals surface area contributed by atoms with Crippen molar-refractivity contribution in [2.75, 3.05) is 19.8 Å². The van der Waals surface area contributed by atoms with Gasteiger partial charge >= 0.3 is 0 Å². The standard InChI is InChI=1S/C9H15F2N3O/c1-7-8(14-6-13-7)4-12-2-3-15-5-9(10)11/h6,9,12H,2-5H2,1H3,(H,13,14). The van der Waals surface area contributed by atoms with E-state index in [-0.39, 0.29) is 6.61 Å². The Morgan fingerprint density at radius 1 is 1.60 bits per heavy atom. The maximum Gasteiger partial charge on any atom is 0.261 e. The second-order valence-electron chi connectivity index (χ2n) is 3.12. The lowest BCUT2D eigenvalue weighted by Crippen LogP contribution is -2.21. The molecule has 0 radical (unpaired) electrons. The Balaban J connectivity index is 2.00. The number of ether oxygens (including phenoxy) is 1. The van der Waals surface area contributed by atoms with Crippen molar-refractivity contribution < 1.29 is 13.5 Å². The number of imidazole rings is 1. The van der Waals surface area contributed by atoms with Gasteiger partial charge in [-0.05, 0) is 6.92 Å². The van der Waals surface area contributed by atoms with E-state index in [1.165, 1.54) is 0 Å². The van der Waals surface area contributed by atoms with Crippen LogP contribution in [0.4, 0.5) is 8.78 Å². The summed E-state index contributed by atoms with van der Waals surface area (Å²) in [6.45, 7) is 2.88. The van der Waals surface area contributed by atoms with E-state index in [0.717, 1.165) is 11.4 Å². The van der Waals surface area contributed by atoms with Gasteiger partial charge in [-0.1, -0.05) is 0 Å². The topological polar surface area (TPSA) is 49.9 Å². The molecule has 4 nitrogen and oxygen atoms in total. The van der Waals surface area contributed by atoms with Gasteiger partial charge in [-0.25, -0.2) is 13.8 Å². The van der Waals surface area contributed by atoms with E-state index in [9.17, 15) is 8.78 Å². The van der Waals surface area contributed by atoms with Gasteiger partial charge in [0, 0.05) is 18.8 Å². The van der Waals surface area contributed by atoms with Crippen LogP contribution in [-0.4, -0.2) is 36.2 Å². The third-order valence-electron chi connectivity index (χ3n) is 1.89. The molecule has 0 atom stereocenters. The normalized spacial score (nSPS) is 11.2. The Morgan fingerprint density at radius 3 is 3.00 bits per heavy atom. The Labute approximate surface area is 87.0 Å². The van der Waals surface area contributed by atoms with E-state index >= 15 is 0 Å². The number of nitrogens with zero attached hydrogens (tertiary/aromatic N) is 1. The molecule has 0 amide bonds. The average Bonchev–Trinajstić information content (AvgIpc) is 2.57. The first-order valence-corrected chi connectivity index (χ1v) is 4.75. The number of H-pyrrole nitrogens is 1. The summed E-state index contributed by atoms with van der Waals surface area (Å²) in [5, 5.41) is 3.05. The van der Waals surface area contributed by atoms with Crippen LogP contribution in [0, 0.1) is 6.92 Å². The molecular formula is C9H15F2N3O. The summed E-state index contributed by atoms with van der Waals surface area (Å²) in [6, 6.07) is 0. The first-order chi connectivity index (χ1) is 7.20. The minimum absolute atomic E-state index is 0.286. The summed E-state index contributed by atoms with van der Waals surface area (Å²) in [5.41, 5.74) is 1.94. The molecule has 0 saturated heterocycles. The van der Waals surface area contributed by atoms with E-state index in [1.54, 1.807) is 6.33 Å². The third kappa shape index (κ3) is 4.85. The van der Waals surface area contributed by atoms with Gasteiger partial charge in [0.1, 0.15) is 6.61 Å². The number of nitrogens with one attached hydrogen (secondary N) is 2. The maximum absolute atomic E-state index is 11.7. The molecule has 6 heteroatoms. The van der Waals surface area contributed by atoms with E-state index in [2.05, 4.69) is 15.3 Å². The van der Waals surface area contributed by atoms with Gasteiger partial charge in [-0.2, -0.15) is 0 Å². The number of halogens is 2. The van der Waals surface area contributed by atoms with Crippen molar-refractivity contribution in [2.24, 2.45) is 0 Å². The quantitative estimate of drug-likeness (QED) is 0.675. The highest BCUT2D eigenvalue weighted by atomic mass is 19.3. The lowest BCUT2D eigenvalue weighted by atomic mass is 10.3. The van der Waals surface area contributed by atoms with Gasteiger partial charge < -0.3 is 15.0 Å². The van der Waals surface area contributed by atoms with Crippen molar-refractivity contribution in [2.45, 2.75) is 19.9 Å². The fourth-order valence-electron chi connectivity index (χ4n) is 1.09. The fourth-order valence-corrected chi connectivity index (χ4v) is 1.09. The monoisotopic (exact) mass is 219 g/mol. The third-order valence-corrected chi connectivity index (χ3v) is 1.89. The van der Waals surface area contributed by atoms with Gasteiger partial charge in [0.2, 0.25) is 0 Å². The average molecular weight is 219 g/mol. The minimum atomic E-state index is -2.39. The molecule has 0 saturated carbocycles. The van der Waals surface area contributed by atoms with E-state index < -0.39 is 13.0 Å². The highest BCUT2D eigenvalue weighted by molar-refractivity contribution is 5.07. The van der Waals surface area contributed by atoms with Crippen LogP contribution in [0.3, 0.4) is 0 Å². The summed E-state index contributed by atoms with van der Waals surface area (Å²) in [6.07, 6.45) is -0.766. The first kappa shape index (κ1) is 12.1. The molecule has 0 bridgehead atoms. The van der Waals surface area contributed by atoms with Crippen LogP contribution in [0.5, 0.6) is 0 Å². The van der Waals surface area contributed by atoms with Crippen LogP contribution in [0.1, 0.15) is 11.4 Å². The van der Waals surface area contributed by atoms with Crippen molar-refractivity contribution >= 4 is 0 Å². The zero-order valence-corrected chi connectivity index (χ0v) is 8.59. The molecule has 0 aromatic carbocycles. The number of aromatic nitrogens is 2. The van der Waals surface area contributed by atoms with Crippen LogP contribution in [0.2, 0.25) is 0 Å². The number of aryl methyl sites for hydroxylation is 1. The predicted molar refractivity (Wildman–Crippen MR) is 51.9 cm³/mol. The second kappa shape index (κ2) is 6.47. The molecule has 86 valence electrons. The van der Waals surface area contributed by atoms with Crippen LogP contribution in [0.25, 0.3) is 0 Å². The molecule has 0 spiro atoms. The second-order valence-corrected chi connectivity index (χ2v) is 3.12. The largest absolute Gasteiger partial charge is 0.374 e. The smallest absolute Gasteiger partial charge is 0.261 e. The molecule has 0 aliphatic carbocycles. The van der Waals surface area contributed by atoms with Gasteiger partial charge in [-0.3, -0.25) is 0 Å². The van der Waals surface area contributed by atoms with Gasteiger partial charge in [0.15, 0.2) is 0 Å². The molecule has 2 N–H and O–H groups in total. The molecule has 0 aliphatic heterocycles. The minimum Gasteiger partial charge on any atom is -0.374 e. The van der Waals surface area contributed by atoms with E-state index in [4.69, 9.17) is 4.74 Å². The number of hydrogen-bond acceptors (Lipinski definition) is 3. The van der Waals surface area contributed by atoms with Gasteiger partial charge in [-0.15, -0.1) is 0 Å².